The number of aryl methyl sites for hydroxylation is 1. The summed E-state index contributed by atoms with van der Waals surface area (Å²) in [6.07, 6.45) is 2.07. The second-order valence-corrected chi connectivity index (χ2v) is 6.19. The predicted molar refractivity (Wildman–Crippen MR) is 68.3 cm³/mol. The van der Waals surface area contributed by atoms with Crippen LogP contribution in [0.3, 0.4) is 0 Å². The summed E-state index contributed by atoms with van der Waals surface area (Å²) in [4.78, 5) is 3.51. The van der Waals surface area contributed by atoms with Gasteiger partial charge in [0.25, 0.3) is 9.84 Å². The van der Waals surface area contributed by atoms with Gasteiger partial charge >= 0.3 is 5.37 Å². The minimum absolute atomic E-state index is 0.250. The third-order valence-electron chi connectivity index (χ3n) is 2.66. The van der Waals surface area contributed by atoms with Crippen LogP contribution in [-0.4, -0.2) is 13.8 Å². The Bertz CT molecular complexity index is 497. The van der Waals surface area contributed by atoms with Crippen molar-refractivity contribution in [2.45, 2.75) is 43.4 Å². The van der Waals surface area contributed by atoms with Crippen molar-refractivity contribution in [3.63, 3.8) is 0 Å². The number of rotatable bonds is 5. The zero-order chi connectivity index (χ0) is 12.9. The molecule has 1 unspecified atom stereocenters. The Morgan fingerprint density at radius 2 is 1.88 bits per heavy atom. The highest BCUT2D eigenvalue weighted by molar-refractivity contribution is 7.92. The number of nitrogens with zero attached hydrogens (tertiary/aromatic N) is 1. The van der Waals surface area contributed by atoms with Crippen LogP contribution in [0.25, 0.3) is 4.85 Å². The fourth-order valence-corrected chi connectivity index (χ4v) is 3.00. The van der Waals surface area contributed by atoms with Crippen LogP contribution < -0.4 is 0 Å². The molecule has 17 heavy (non-hydrogen) atoms. The third kappa shape index (κ3) is 3.31. The van der Waals surface area contributed by atoms with Crippen molar-refractivity contribution in [1.82, 2.24) is 0 Å². The fourth-order valence-electron chi connectivity index (χ4n) is 1.55. The van der Waals surface area contributed by atoms with Crippen molar-refractivity contribution >= 4 is 9.84 Å². The van der Waals surface area contributed by atoms with Crippen molar-refractivity contribution in [3.8, 4) is 0 Å². The Hall–Kier alpha value is -1.34. The molecule has 0 N–H and O–H groups in total. The SMILES string of the molecule is [C-]#[N+]C(CCCC)S(=O)(=O)c1ccc(C)cc1. The number of benzene rings is 1. The predicted octanol–water partition coefficient (Wildman–Crippen LogP) is 3.20. The molecule has 1 aromatic rings. The van der Waals surface area contributed by atoms with Crippen LogP contribution in [0.1, 0.15) is 31.7 Å². The van der Waals surface area contributed by atoms with E-state index in [0.29, 0.717) is 6.42 Å². The Morgan fingerprint density at radius 1 is 1.29 bits per heavy atom. The van der Waals surface area contributed by atoms with Crippen LogP contribution in [0.4, 0.5) is 0 Å². The van der Waals surface area contributed by atoms with Crippen LogP contribution >= 0.6 is 0 Å². The van der Waals surface area contributed by atoms with Gasteiger partial charge in [0, 0.05) is 6.42 Å². The average molecular weight is 251 g/mol. The van der Waals surface area contributed by atoms with Gasteiger partial charge in [-0.3, -0.25) is 4.85 Å². The molecular weight excluding hydrogens is 234 g/mol. The van der Waals surface area contributed by atoms with Gasteiger partial charge in [-0.15, -0.1) is 0 Å². The molecule has 92 valence electrons. The lowest BCUT2D eigenvalue weighted by Gasteiger charge is -2.07. The van der Waals surface area contributed by atoms with E-state index in [2.05, 4.69) is 4.85 Å². The summed E-state index contributed by atoms with van der Waals surface area (Å²) >= 11 is 0. The first-order chi connectivity index (χ1) is 8.02. The lowest BCUT2D eigenvalue weighted by atomic mass is 10.2. The smallest absolute Gasteiger partial charge is 0.296 e. The van der Waals surface area contributed by atoms with Crippen LogP contribution in [0.2, 0.25) is 0 Å². The highest BCUT2D eigenvalue weighted by atomic mass is 32.2. The molecule has 0 spiro atoms. The Morgan fingerprint density at radius 3 is 2.35 bits per heavy atom. The highest BCUT2D eigenvalue weighted by Crippen LogP contribution is 2.21. The molecule has 0 aromatic heterocycles. The number of hydrogen-bond acceptors (Lipinski definition) is 2. The summed E-state index contributed by atoms with van der Waals surface area (Å²) in [6, 6.07) is 6.67. The molecule has 0 fully saturated rings. The van der Waals surface area contributed by atoms with Crippen molar-refractivity contribution in [2.75, 3.05) is 0 Å². The Labute approximate surface area is 103 Å². The maximum absolute atomic E-state index is 12.2. The summed E-state index contributed by atoms with van der Waals surface area (Å²) < 4.78 is 24.3. The largest absolute Gasteiger partial charge is 0.325 e. The van der Waals surface area contributed by atoms with Gasteiger partial charge in [0.15, 0.2) is 0 Å². The molecule has 0 aliphatic carbocycles. The van der Waals surface area contributed by atoms with Crippen molar-refractivity contribution in [3.05, 3.63) is 41.2 Å². The van der Waals surface area contributed by atoms with Crippen LogP contribution in [0, 0.1) is 13.5 Å². The highest BCUT2D eigenvalue weighted by Gasteiger charge is 2.31. The maximum atomic E-state index is 12.2. The number of sulfone groups is 1. The van der Waals surface area contributed by atoms with Crippen LogP contribution in [0.15, 0.2) is 29.2 Å². The minimum atomic E-state index is -3.49. The molecule has 0 radical (unpaired) electrons. The molecule has 0 bridgehead atoms. The average Bonchev–Trinajstić information content (AvgIpc) is 2.30. The van der Waals surface area contributed by atoms with E-state index < -0.39 is 15.2 Å². The molecule has 0 aliphatic rings. The molecule has 1 rings (SSSR count). The van der Waals surface area contributed by atoms with E-state index in [1.54, 1.807) is 24.3 Å². The van der Waals surface area contributed by atoms with Gasteiger partial charge in [-0.1, -0.05) is 31.0 Å². The number of hydrogen-bond donors (Lipinski definition) is 0. The first-order valence-electron chi connectivity index (χ1n) is 5.69. The molecule has 0 heterocycles. The molecule has 0 amide bonds. The van der Waals surface area contributed by atoms with Gasteiger partial charge in [0.2, 0.25) is 0 Å². The molecule has 1 aromatic carbocycles. The van der Waals surface area contributed by atoms with Gasteiger partial charge in [-0.2, -0.15) is 0 Å². The van der Waals surface area contributed by atoms with Gasteiger partial charge in [0.1, 0.15) is 0 Å². The number of unbranched alkanes of at least 4 members (excludes halogenated alkanes) is 1. The maximum Gasteiger partial charge on any atom is 0.325 e. The molecule has 0 saturated carbocycles. The zero-order valence-corrected chi connectivity index (χ0v) is 11.0. The van der Waals surface area contributed by atoms with Crippen LogP contribution in [0.5, 0.6) is 0 Å². The van der Waals surface area contributed by atoms with Gasteiger partial charge in [-0.25, -0.2) is 15.0 Å². The summed E-state index contributed by atoms with van der Waals surface area (Å²) in [6.45, 7) is 10.9. The van der Waals surface area contributed by atoms with E-state index in [-0.39, 0.29) is 4.90 Å². The molecule has 3 nitrogen and oxygen atoms in total. The normalized spacial score (nSPS) is 13.0. The van der Waals surface area contributed by atoms with E-state index in [0.717, 1.165) is 18.4 Å². The van der Waals surface area contributed by atoms with Crippen LogP contribution in [-0.2, 0) is 9.84 Å². The van der Waals surface area contributed by atoms with E-state index in [4.69, 9.17) is 6.57 Å². The molecular formula is C13H17NO2S. The quantitative estimate of drug-likeness (QED) is 0.754. The zero-order valence-electron chi connectivity index (χ0n) is 10.2. The third-order valence-corrected chi connectivity index (χ3v) is 4.64. The van der Waals surface area contributed by atoms with Crippen molar-refractivity contribution < 1.29 is 8.42 Å². The second kappa shape index (κ2) is 5.83. The first-order valence-corrected chi connectivity index (χ1v) is 7.24. The van der Waals surface area contributed by atoms with Gasteiger partial charge in [0.05, 0.1) is 4.90 Å². The summed E-state index contributed by atoms with van der Waals surface area (Å²) in [5, 5.41) is -0.940. The molecule has 0 aliphatic heterocycles. The summed E-state index contributed by atoms with van der Waals surface area (Å²) in [5.41, 5.74) is 1.01. The molecule has 1 atom stereocenters. The van der Waals surface area contributed by atoms with E-state index in [1.807, 2.05) is 13.8 Å². The molecule has 4 heteroatoms. The minimum Gasteiger partial charge on any atom is -0.296 e. The topological polar surface area (TPSA) is 38.5 Å². The van der Waals surface area contributed by atoms with E-state index >= 15 is 0 Å². The van der Waals surface area contributed by atoms with Crippen molar-refractivity contribution in [2.24, 2.45) is 0 Å². The Kier molecular flexibility index (Phi) is 4.71. The first kappa shape index (κ1) is 13.7. The monoisotopic (exact) mass is 251 g/mol. The van der Waals surface area contributed by atoms with Gasteiger partial charge < -0.3 is 0 Å². The Balaban J connectivity index is 3.01. The fraction of sp³-hybridized carbons (Fsp3) is 0.462. The summed E-state index contributed by atoms with van der Waals surface area (Å²) in [5.74, 6) is 0. The lowest BCUT2D eigenvalue weighted by Crippen LogP contribution is -2.17. The standard InChI is InChI=1S/C13H17NO2S/c1-4-5-6-13(14-3)17(15,16)12-9-7-11(2)8-10-12/h7-10,13H,4-6H2,1-2H3. The van der Waals surface area contributed by atoms with Gasteiger partial charge in [-0.05, 0) is 25.5 Å². The second-order valence-electron chi connectivity index (χ2n) is 4.08. The molecule has 0 saturated heterocycles. The van der Waals surface area contributed by atoms with Crippen molar-refractivity contribution in [1.29, 1.82) is 0 Å². The van der Waals surface area contributed by atoms with E-state index in [1.165, 1.54) is 0 Å². The van der Waals surface area contributed by atoms with E-state index in [9.17, 15) is 8.42 Å². The summed E-state index contributed by atoms with van der Waals surface area (Å²) in [7, 11) is -3.49. The lowest BCUT2D eigenvalue weighted by molar-refractivity contribution is 0.579.